The Hall–Kier alpha value is -2.33. The SMILES string of the molecule is COc1cccc(CNC(=O)N2CCN(S(C)(=O)=O)C[C@@]3(CNC(=O)C3)C2)c1. The van der Waals surface area contributed by atoms with Crippen molar-refractivity contribution in [2.75, 3.05) is 46.1 Å². The summed E-state index contributed by atoms with van der Waals surface area (Å²) in [6, 6.07) is 7.12. The average molecular weight is 410 g/mol. The van der Waals surface area contributed by atoms with E-state index in [-0.39, 0.29) is 38.0 Å². The lowest BCUT2D eigenvalue weighted by Gasteiger charge is -2.32. The van der Waals surface area contributed by atoms with Crippen LogP contribution in [0, 0.1) is 5.41 Å². The quantitative estimate of drug-likeness (QED) is 0.726. The van der Waals surface area contributed by atoms with Crippen LogP contribution in [0.2, 0.25) is 0 Å². The highest BCUT2D eigenvalue weighted by atomic mass is 32.2. The Morgan fingerprint density at radius 1 is 1.32 bits per heavy atom. The van der Waals surface area contributed by atoms with Crippen molar-refractivity contribution in [3.63, 3.8) is 0 Å². The van der Waals surface area contributed by atoms with Gasteiger partial charge in [-0.15, -0.1) is 0 Å². The number of carbonyl (C=O) groups excluding carboxylic acids is 2. The number of urea groups is 1. The molecule has 10 heteroatoms. The maximum Gasteiger partial charge on any atom is 0.317 e. The van der Waals surface area contributed by atoms with Gasteiger partial charge in [0, 0.05) is 51.1 Å². The summed E-state index contributed by atoms with van der Waals surface area (Å²) in [4.78, 5) is 26.2. The Morgan fingerprint density at radius 2 is 2.11 bits per heavy atom. The van der Waals surface area contributed by atoms with Crippen molar-refractivity contribution in [2.24, 2.45) is 5.41 Å². The number of carbonyl (C=O) groups is 2. The first kappa shape index (κ1) is 20.4. The summed E-state index contributed by atoms with van der Waals surface area (Å²) < 4.78 is 30.7. The molecule has 3 rings (SSSR count). The van der Waals surface area contributed by atoms with E-state index < -0.39 is 15.4 Å². The molecule has 3 amide bonds. The van der Waals surface area contributed by atoms with E-state index in [1.54, 1.807) is 12.0 Å². The third-order valence-corrected chi connectivity index (χ3v) is 6.44. The number of rotatable bonds is 4. The zero-order chi connectivity index (χ0) is 20.4. The third kappa shape index (κ3) is 4.74. The number of hydrogen-bond acceptors (Lipinski definition) is 5. The molecule has 1 atom stereocenters. The molecule has 2 saturated heterocycles. The molecule has 2 fully saturated rings. The number of nitrogens with one attached hydrogen (secondary N) is 2. The van der Waals surface area contributed by atoms with Crippen molar-refractivity contribution >= 4 is 22.0 Å². The van der Waals surface area contributed by atoms with E-state index in [4.69, 9.17) is 4.74 Å². The van der Waals surface area contributed by atoms with Crippen LogP contribution in [0.3, 0.4) is 0 Å². The molecule has 0 aromatic heterocycles. The maximum absolute atomic E-state index is 12.8. The Kier molecular flexibility index (Phi) is 5.80. The van der Waals surface area contributed by atoms with Gasteiger partial charge in [0.2, 0.25) is 15.9 Å². The van der Waals surface area contributed by atoms with Gasteiger partial charge < -0.3 is 20.3 Å². The van der Waals surface area contributed by atoms with Crippen molar-refractivity contribution in [1.82, 2.24) is 19.8 Å². The Bertz CT molecular complexity index is 859. The van der Waals surface area contributed by atoms with Crippen molar-refractivity contribution in [3.05, 3.63) is 29.8 Å². The van der Waals surface area contributed by atoms with E-state index in [1.807, 2.05) is 24.3 Å². The highest BCUT2D eigenvalue weighted by Gasteiger charge is 2.45. The average Bonchev–Trinajstić information content (AvgIpc) is 2.89. The predicted octanol–water partition coefficient (Wildman–Crippen LogP) is -0.0117. The normalized spacial score (nSPS) is 23.4. The molecule has 154 valence electrons. The molecule has 2 aliphatic rings. The molecule has 1 spiro atoms. The highest BCUT2D eigenvalue weighted by Crippen LogP contribution is 2.31. The fourth-order valence-corrected chi connectivity index (χ4v) is 4.64. The Labute approximate surface area is 165 Å². The highest BCUT2D eigenvalue weighted by molar-refractivity contribution is 7.88. The van der Waals surface area contributed by atoms with E-state index in [9.17, 15) is 18.0 Å². The number of nitrogens with zero attached hydrogens (tertiary/aromatic N) is 2. The summed E-state index contributed by atoms with van der Waals surface area (Å²) in [6.07, 6.45) is 1.36. The first-order valence-electron chi connectivity index (χ1n) is 9.08. The first-order valence-corrected chi connectivity index (χ1v) is 10.9. The molecule has 1 aromatic carbocycles. The van der Waals surface area contributed by atoms with Crippen molar-refractivity contribution < 1.29 is 22.7 Å². The fourth-order valence-electron chi connectivity index (χ4n) is 3.72. The Morgan fingerprint density at radius 3 is 2.75 bits per heavy atom. The van der Waals surface area contributed by atoms with Crippen LogP contribution in [-0.4, -0.2) is 75.7 Å². The Balaban J connectivity index is 1.71. The summed E-state index contributed by atoms with van der Waals surface area (Å²) in [6.45, 7) is 1.71. The molecule has 2 aliphatic heterocycles. The summed E-state index contributed by atoms with van der Waals surface area (Å²) in [7, 11) is -1.84. The molecule has 1 aromatic rings. The number of benzene rings is 1. The van der Waals surface area contributed by atoms with Crippen molar-refractivity contribution in [3.8, 4) is 5.75 Å². The molecular formula is C18H26N4O5S. The molecule has 2 heterocycles. The minimum atomic E-state index is -3.42. The maximum atomic E-state index is 12.8. The minimum Gasteiger partial charge on any atom is -0.497 e. The fraction of sp³-hybridized carbons (Fsp3) is 0.556. The van der Waals surface area contributed by atoms with Crippen LogP contribution in [-0.2, 0) is 21.4 Å². The van der Waals surface area contributed by atoms with Crippen LogP contribution in [0.5, 0.6) is 5.75 Å². The zero-order valence-corrected chi connectivity index (χ0v) is 16.9. The van der Waals surface area contributed by atoms with Gasteiger partial charge >= 0.3 is 6.03 Å². The number of ether oxygens (including phenoxy) is 1. The molecule has 0 saturated carbocycles. The molecule has 9 nitrogen and oxygen atoms in total. The molecule has 0 unspecified atom stereocenters. The summed E-state index contributed by atoms with van der Waals surface area (Å²) in [5.41, 5.74) is 0.289. The van der Waals surface area contributed by atoms with E-state index in [1.165, 1.54) is 4.31 Å². The number of sulfonamides is 1. The van der Waals surface area contributed by atoms with Gasteiger partial charge in [-0.3, -0.25) is 4.79 Å². The van der Waals surface area contributed by atoms with Gasteiger partial charge in [0.15, 0.2) is 0 Å². The number of hydrogen-bond donors (Lipinski definition) is 2. The zero-order valence-electron chi connectivity index (χ0n) is 16.1. The van der Waals surface area contributed by atoms with Crippen LogP contribution in [0.15, 0.2) is 24.3 Å². The van der Waals surface area contributed by atoms with Crippen molar-refractivity contribution in [2.45, 2.75) is 13.0 Å². The van der Waals surface area contributed by atoms with Gasteiger partial charge in [-0.25, -0.2) is 13.2 Å². The van der Waals surface area contributed by atoms with E-state index in [2.05, 4.69) is 10.6 Å². The second-order valence-electron chi connectivity index (χ2n) is 7.48. The van der Waals surface area contributed by atoms with E-state index in [0.29, 0.717) is 25.4 Å². The number of methoxy groups -OCH3 is 1. The largest absolute Gasteiger partial charge is 0.497 e. The molecule has 2 N–H and O–H groups in total. The molecule has 28 heavy (non-hydrogen) atoms. The molecule has 0 bridgehead atoms. The van der Waals surface area contributed by atoms with Gasteiger partial charge in [-0.1, -0.05) is 12.1 Å². The monoisotopic (exact) mass is 410 g/mol. The lowest BCUT2D eigenvalue weighted by Crippen LogP contribution is -2.47. The number of amides is 3. The summed E-state index contributed by atoms with van der Waals surface area (Å²) in [5.74, 6) is 0.590. The predicted molar refractivity (Wildman–Crippen MR) is 103 cm³/mol. The molecular weight excluding hydrogens is 384 g/mol. The first-order chi connectivity index (χ1) is 13.2. The van der Waals surface area contributed by atoms with Crippen molar-refractivity contribution in [1.29, 1.82) is 0 Å². The lowest BCUT2D eigenvalue weighted by atomic mass is 9.86. The summed E-state index contributed by atoms with van der Waals surface area (Å²) >= 11 is 0. The van der Waals surface area contributed by atoms with Crippen LogP contribution in [0.25, 0.3) is 0 Å². The van der Waals surface area contributed by atoms with Gasteiger partial charge in [0.1, 0.15) is 5.75 Å². The van der Waals surface area contributed by atoms with Gasteiger partial charge in [-0.05, 0) is 17.7 Å². The second-order valence-corrected chi connectivity index (χ2v) is 9.46. The van der Waals surface area contributed by atoms with E-state index in [0.717, 1.165) is 11.8 Å². The van der Waals surface area contributed by atoms with Crippen LogP contribution in [0.1, 0.15) is 12.0 Å². The lowest BCUT2D eigenvalue weighted by molar-refractivity contribution is -0.119. The minimum absolute atomic E-state index is 0.118. The van der Waals surface area contributed by atoms with Gasteiger partial charge in [0.25, 0.3) is 0 Å². The van der Waals surface area contributed by atoms with Crippen LogP contribution >= 0.6 is 0 Å². The van der Waals surface area contributed by atoms with Gasteiger partial charge in [0.05, 0.1) is 13.4 Å². The summed E-state index contributed by atoms with van der Waals surface area (Å²) in [5, 5.41) is 5.65. The standard InChI is InChI=1S/C18H26N4O5S/c1-27-15-5-3-4-14(8-15)10-19-17(24)21-6-7-22(28(2,25)26)13-18(12-21)9-16(23)20-11-18/h3-5,8H,6-7,9-13H2,1-2H3,(H,19,24)(H,20,23)/t18-/m0/s1. The molecule has 0 aliphatic carbocycles. The second kappa shape index (κ2) is 7.96. The van der Waals surface area contributed by atoms with Crippen LogP contribution in [0.4, 0.5) is 4.79 Å². The third-order valence-electron chi connectivity index (χ3n) is 5.19. The molecule has 0 radical (unpaired) electrons. The van der Waals surface area contributed by atoms with Crippen LogP contribution < -0.4 is 15.4 Å². The topological polar surface area (TPSA) is 108 Å². The smallest absolute Gasteiger partial charge is 0.317 e. The van der Waals surface area contributed by atoms with Gasteiger partial charge in [-0.2, -0.15) is 4.31 Å². The van der Waals surface area contributed by atoms with E-state index >= 15 is 0 Å².